The van der Waals surface area contributed by atoms with Crippen molar-refractivity contribution in [3.05, 3.63) is 47.0 Å². The van der Waals surface area contributed by atoms with E-state index in [9.17, 15) is 9.59 Å². The van der Waals surface area contributed by atoms with Crippen LogP contribution in [0.4, 0.5) is 0 Å². The van der Waals surface area contributed by atoms with Gasteiger partial charge in [-0.3, -0.25) is 4.79 Å². The van der Waals surface area contributed by atoms with Crippen molar-refractivity contribution >= 4 is 11.9 Å². The Labute approximate surface area is 105 Å². The van der Waals surface area contributed by atoms with Gasteiger partial charge in [-0.2, -0.15) is 0 Å². The highest BCUT2D eigenvalue weighted by atomic mass is 16.5. The lowest BCUT2D eigenvalue weighted by atomic mass is 10.0. The molecule has 1 aromatic rings. The van der Waals surface area contributed by atoms with Gasteiger partial charge < -0.3 is 9.84 Å². The van der Waals surface area contributed by atoms with Crippen LogP contribution in [0.2, 0.25) is 0 Å². The minimum absolute atomic E-state index is 0.146. The Morgan fingerprint density at radius 2 is 2.22 bits per heavy atom. The molecular weight excluding hydrogens is 232 g/mol. The van der Waals surface area contributed by atoms with Crippen LogP contribution in [0.5, 0.6) is 0 Å². The molecule has 1 N–H and O–H groups in total. The second-order valence-electron chi connectivity index (χ2n) is 4.18. The molecule has 1 aliphatic heterocycles. The van der Waals surface area contributed by atoms with Gasteiger partial charge in [0.25, 0.3) is 0 Å². The van der Waals surface area contributed by atoms with Gasteiger partial charge in [0.2, 0.25) is 0 Å². The average Bonchev–Trinajstić information content (AvgIpc) is 2.70. The molecule has 0 aromatic heterocycles. The number of esters is 1. The fraction of sp³-hybridized carbons (Fsp3) is 0.286. The van der Waals surface area contributed by atoms with Crippen molar-refractivity contribution < 1.29 is 19.4 Å². The predicted octanol–water partition coefficient (Wildman–Crippen LogP) is 2.32. The van der Waals surface area contributed by atoms with E-state index >= 15 is 0 Å². The third kappa shape index (κ3) is 2.97. The molecule has 2 rings (SSSR count). The summed E-state index contributed by atoms with van der Waals surface area (Å²) in [5.74, 6) is -1.05. The standard InChI is InChI=1S/C14H14O4/c15-13(16)5-3-1-2-4-10-6-7-11-9-18-14(17)12(11)8-10/h1-2,6-8H,3-5,9H2,(H,15,16)/b2-1+. The maximum atomic E-state index is 11.4. The Kier molecular flexibility index (Phi) is 3.77. The van der Waals surface area contributed by atoms with Gasteiger partial charge in [0, 0.05) is 12.0 Å². The zero-order valence-corrected chi connectivity index (χ0v) is 9.89. The molecule has 18 heavy (non-hydrogen) atoms. The molecule has 0 saturated heterocycles. The van der Waals surface area contributed by atoms with E-state index in [4.69, 9.17) is 9.84 Å². The topological polar surface area (TPSA) is 63.6 Å². The van der Waals surface area contributed by atoms with Crippen LogP contribution in [0.25, 0.3) is 0 Å². The molecule has 0 amide bonds. The van der Waals surface area contributed by atoms with Crippen molar-refractivity contribution in [2.45, 2.75) is 25.9 Å². The van der Waals surface area contributed by atoms with E-state index < -0.39 is 5.97 Å². The minimum atomic E-state index is -0.792. The van der Waals surface area contributed by atoms with Gasteiger partial charge in [-0.15, -0.1) is 0 Å². The number of carbonyl (C=O) groups excluding carboxylic acids is 1. The summed E-state index contributed by atoms with van der Waals surface area (Å²) in [4.78, 5) is 21.7. The number of carboxylic acids is 1. The van der Waals surface area contributed by atoms with Gasteiger partial charge in [0.1, 0.15) is 6.61 Å². The smallest absolute Gasteiger partial charge is 0.338 e. The second kappa shape index (κ2) is 5.49. The van der Waals surface area contributed by atoms with Crippen molar-refractivity contribution in [2.24, 2.45) is 0 Å². The number of rotatable bonds is 5. The number of hydrogen-bond donors (Lipinski definition) is 1. The van der Waals surface area contributed by atoms with Crippen LogP contribution in [0.15, 0.2) is 30.4 Å². The number of hydrogen-bond acceptors (Lipinski definition) is 3. The van der Waals surface area contributed by atoms with Gasteiger partial charge >= 0.3 is 11.9 Å². The summed E-state index contributed by atoms with van der Waals surface area (Å²) in [6, 6.07) is 5.70. The first-order valence-electron chi connectivity index (χ1n) is 5.82. The van der Waals surface area contributed by atoms with Crippen LogP contribution < -0.4 is 0 Å². The quantitative estimate of drug-likeness (QED) is 0.639. The number of aliphatic carboxylic acids is 1. The largest absolute Gasteiger partial charge is 0.481 e. The highest BCUT2D eigenvalue weighted by Crippen LogP contribution is 2.21. The zero-order chi connectivity index (χ0) is 13.0. The van der Waals surface area contributed by atoms with E-state index in [2.05, 4.69) is 0 Å². The first kappa shape index (κ1) is 12.4. The third-order valence-corrected chi connectivity index (χ3v) is 2.80. The molecule has 4 heteroatoms. The van der Waals surface area contributed by atoms with Crippen molar-refractivity contribution in [3.8, 4) is 0 Å². The normalized spacial score (nSPS) is 13.7. The molecule has 0 atom stereocenters. The van der Waals surface area contributed by atoms with E-state index in [1.165, 1.54) is 0 Å². The maximum Gasteiger partial charge on any atom is 0.338 e. The second-order valence-corrected chi connectivity index (χ2v) is 4.18. The fourth-order valence-corrected chi connectivity index (χ4v) is 1.83. The Bertz CT molecular complexity index is 503. The summed E-state index contributed by atoms with van der Waals surface area (Å²) >= 11 is 0. The molecule has 4 nitrogen and oxygen atoms in total. The molecule has 0 radical (unpaired) electrons. The summed E-state index contributed by atoms with van der Waals surface area (Å²) in [6.07, 6.45) is 5.14. The van der Waals surface area contributed by atoms with Crippen LogP contribution in [0.1, 0.15) is 34.3 Å². The average molecular weight is 246 g/mol. The third-order valence-electron chi connectivity index (χ3n) is 2.80. The summed E-state index contributed by atoms with van der Waals surface area (Å²) < 4.78 is 4.93. The Hall–Kier alpha value is -2.10. The van der Waals surface area contributed by atoms with Crippen LogP contribution in [0, 0.1) is 0 Å². The molecule has 0 bridgehead atoms. The summed E-state index contributed by atoms with van der Waals surface area (Å²) in [5, 5.41) is 8.48. The van der Waals surface area contributed by atoms with Gasteiger partial charge in [0.05, 0.1) is 5.56 Å². The van der Waals surface area contributed by atoms with Crippen LogP contribution >= 0.6 is 0 Å². The van der Waals surface area contributed by atoms with Crippen LogP contribution in [-0.2, 0) is 22.6 Å². The molecule has 0 saturated carbocycles. The van der Waals surface area contributed by atoms with Gasteiger partial charge in [-0.1, -0.05) is 24.3 Å². The highest BCUT2D eigenvalue weighted by Gasteiger charge is 2.20. The SMILES string of the molecule is O=C(O)CC/C=C/Cc1ccc2c(c1)C(=O)OC2. The van der Waals surface area contributed by atoms with Gasteiger partial charge in [-0.05, 0) is 24.5 Å². The molecule has 1 heterocycles. The predicted molar refractivity (Wildman–Crippen MR) is 65.3 cm³/mol. The van der Waals surface area contributed by atoms with Crippen molar-refractivity contribution in [3.63, 3.8) is 0 Å². The number of ether oxygens (including phenoxy) is 1. The Balaban J connectivity index is 1.93. The molecule has 0 unspecified atom stereocenters. The summed E-state index contributed by atoms with van der Waals surface area (Å²) in [6.45, 7) is 0.364. The van der Waals surface area contributed by atoms with Crippen molar-refractivity contribution in [1.29, 1.82) is 0 Å². The van der Waals surface area contributed by atoms with Gasteiger partial charge in [0.15, 0.2) is 0 Å². The summed E-state index contributed by atoms with van der Waals surface area (Å²) in [7, 11) is 0. The lowest BCUT2D eigenvalue weighted by Gasteiger charge is -1.99. The van der Waals surface area contributed by atoms with E-state index in [1.807, 2.05) is 30.4 Å². The molecule has 0 fully saturated rings. The Morgan fingerprint density at radius 1 is 1.39 bits per heavy atom. The summed E-state index contributed by atoms with van der Waals surface area (Å²) in [5.41, 5.74) is 2.60. The van der Waals surface area contributed by atoms with Gasteiger partial charge in [-0.25, -0.2) is 4.79 Å². The first-order valence-corrected chi connectivity index (χ1v) is 5.82. The van der Waals surface area contributed by atoms with E-state index in [1.54, 1.807) is 0 Å². The number of carbonyl (C=O) groups is 2. The molecule has 0 aliphatic carbocycles. The lowest BCUT2D eigenvalue weighted by Crippen LogP contribution is -1.95. The lowest BCUT2D eigenvalue weighted by molar-refractivity contribution is -0.136. The number of carboxylic acid groups (broad SMARTS) is 1. The number of allylic oxidation sites excluding steroid dienone is 2. The molecule has 94 valence electrons. The molecular formula is C14H14O4. The Morgan fingerprint density at radius 3 is 3.00 bits per heavy atom. The maximum absolute atomic E-state index is 11.4. The van der Waals surface area contributed by atoms with E-state index in [0.717, 1.165) is 11.1 Å². The molecule has 1 aliphatic rings. The monoisotopic (exact) mass is 246 g/mol. The van der Waals surface area contributed by atoms with Crippen LogP contribution in [-0.4, -0.2) is 17.0 Å². The first-order chi connectivity index (χ1) is 8.66. The number of benzene rings is 1. The number of fused-ring (bicyclic) bond motifs is 1. The molecule has 0 spiro atoms. The van der Waals surface area contributed by atoms with Crippen molar-refractivity contribution in [2.75, 3.05) is 0 Å². The van der Waals surface area contributed by atoms with Crippen molar-refractivity contribution in [1.82, 2.24) is 0 Å². The molecule has 1 aromatic carbocycles. The van der Waals surface area contributed by atoms with Crippen LogP contribution in [0.3, 0.4) is 0 Å². The van der Waals surface area contributed by atoms with E-state index in [0.29, 0.717) is 25.0 Å². The van der Waals surface area contributed by atoms with E-state index in [-0.39, 0.29) is 12.4 Å². The number of cyclic esters (lactones) is 1. The zero-order valence-electron chi connectivity index (χ0n) is 9.89. The highest BCUT2D eigenvalue weighted by molar-refractivity contribution is 5.93. The minimum Gasteiger partial charge on any atom is -0.481 e. The fourth-order valence-electron chi connectivity index (χ4n) is 1.83.